The average Bonchev–Trinajstić information content (AvgIpc) is 2.80. The standard InChI is InChI=1S/C22H30N2O9S2/c1-4-31-15-19(25)16-32-20-9-5-17(6-10-20)23-22(26)13-14-34(2,3)33-24(27)18-7-11-21(12-8-18)35(28,29)30/h5-12,19,25H,4,13-16H2,1-3H3,(H-,23,26,28,29,30). The zero-order valence-electron chi connectivity index (χ0n) is 19.7. The van der Waals surface area contributed by atoms with Crippen molar-refractivity contribution in [2.24, 2.45) is 0 Å². The lowest BCUT2D eigenvalue weighted by Gasteiger charge is -2.22. The number of nitrogens with one attached hydrogen (secondary N) is 1. The Labute approximate surface area is 206 Å². The molecule has 194 valence electrons. The molecule has 2 rings (SSSR count). The van der Waals surface area contributed by atoms with E-state index in [1.165, 1.54) is 12.1 Å². The van der Waals surface area contributed by atoms with E-state index in [1.54, 1.807) is 36.8 Å². The van der Waals surface area contributed by atoms with Crippen molar-refractivity contribution in [2.45, 2.75) is 24.3 Å². The van der Waals surface area contributed by atoms with Gasteiger partial charge in [-0.2, -0.15) is 4.28 Å². The number of aliphatic hydroxyl groups excluding tert-OH is 1. The van der Waals surface area contributed by atoms with Gasteiger partial charge in [-0.3, -0.25) is 4.79 Å². The summed E-state index contributed by atoms with van der Waals surface area (Å²) in [5.41, 5.74) is 0.583. The Morgan fingerprint density at radius 3 is 2.29 bits per heavy atom. The van der Waals surface area contributed by atoms with Crippen LogP contribution in [0.15, 0.2) is 53.4 Å². The van der Waals surface area contributed by atoms with E-state index in [1.807, 2.05) is 6.92 Å². The maximum absolute atomic E-state index is 12.3. The Morgan fingerprint density at radius 2 is 1.71 bits per heavy atom. The Morgan fingerprint density at radius 1 is 1.09 bits per heavy atom. The normalized spacial score (nSPS) is 13.1. The molecule has 35 heavy (non-hydrogen) atoms. The Kier molecular flexibility index (Phi) is 10.5. The first-order valence-corrected chi connectivity index (χ1v) is 14.6. The Hall–Kier alpha value is -2.71. The third kappa shape index (κ3) is 10.2. The van der Waals surface area contributed by atoms with Gasteiger partial charge in [-0.15, -0.1) is 0 Å². The van der Waals surface area contributed by atoms with Gasteiger partial charge in [0.05, 0.1) is 16.4 Å². The lowest BCUT2D eigenvalue weighted by Crippen LogP contribution is -2.23. The molecule has 2 N–H and O–H groups in total. The number of carbonyl (C=O) groups is 1. The second kappa shape index (κ2) is 12.8. The molecule has 0 fully saturated rings. The first kappa shape index (κ1) is 28.5. The number of benzene rings is 2. The third-order valence-corrected chi connectivity index (χ3v) is 7.10. The molecule has 0 aromatic heterocycles. The molecule has 0 aliphatic carbocycles. The van der Waals surface area contributed by atoms with Crippen LogP contribution in [-0.2, 0) is 23.9 Å². The fraction of sp³-hybridized carbons (Fsp3) is 0.409. The molecular formula is C22H30N2O9S2. The monoisotopic (exact) mass is 530 g/mol. The molecule has 1 unspecified atom stereocenters. The number of anilines is 1. The lowest BCUT2D eigenvalue weighted by molar-refractivity contribution is -0.696. The molecule has 1 amide bonds. The third-order valence-electron chi connectivity index (χ3n) is 4.52. The molecule has 0 saturated heterocycles. The van der Waals surface area contributed by atoms with Crippen molar-refractivity contribution in [1.29, 1.82) is 0 Å². The molecular weight excluding hydrogens is 500 g/mol. The minimum atomic E-state index is -4.61. The highest BCUT2D eigenvalue weighted by molar-refractivity contribution is 8.28. The Balaban J connectivity index is 1.80. The van der Waals surface area contributed by atoms with Gasteiger partial charge in [0.2, 0.25) is 5.91 Å². The van der Waals surface area contributed by atoms with Crippen molar-refractivity contribution in [3.8, 4) is 5.75 Å². The van der Waals surface area contributed by atoms with Crippen molar-refractivity contribution >= 4 is 37.7 Å². The van der Waals surface area contributed by atoms with Gasteiger partial charge in [0, 0.05) is 49.1 Å². The SMILES string of the molecule is CCOCC(O)COc1ccc(NC(=O)CCS(C)(C)O[N+](=O)c2ccc(S(=O)(=O)[O-])cc2)cc1. The van der Waals surface area contributed by atoms with Gasteiger partial charge in [-0.1, -0.05) is 0 Å². The topological polar surface area (TPSA) is 154 Å². The van der Waals surface area contributed by atoms with Crippen LogP contribution in [0.4, 0.5) is 11.4 Å². The molecule has 0 aliphatic rings. The van der Waals surface area contributed by atoms with Crippen LogP contribution < -0.4 is 10.1 Å². The van der Waals surface area contributed by atoms with Crippen LogP contribution >= 0.6 is 10.3 Å². The first-order valence-electron chi connectivity index (χ1n) is 10.6. The summed E-state index contributed by atoms with van der Waals surface area (Å²) in [5, 5.41) is 12.5. The number of carbonyl (C=O) groups excluding carboxylic acids is 1. The van der Waals surface area contributed by atoms with E-state index < -0.39 is 31.4 Å². The summed E-state index contributed by atoms with van der Waals surface area (Å²) in [5.74, 6) is 0.565. The zero-order chi connectivity index (χ0) is 26.1. The van der Waals surface area contributed by atoms with Crippen molar-refractivity contribution in [2.75, 3.05) is 43.4 Å². The van der Waals surface area contributed by atoms with Gasteiger partial charge in [0.15, 0.2) is 0 Å². The quantitative estimate of drug-likeness (QED) is 0.277. The number of rotatable bonds is 14. The van der Waals surface area contributed by atoms with Crippen LogP contribution in [0.5, 0.6) is 5.75 Å². The second-order valence-corrected chi connectivity index (χ2v) is 12.7. The molecule has 1 atom stereocenters. The maximum Gasteiger partial charge on any atom is 0.318 e. The molecule has 0 radical (unpaired) electrons. The van der Waals surface area contributed by atoms with Crippen LogP contribution in [0.1, 0.15) is 13.3 Å². The number of ether oxygens (including phenoxy) is 2. The number of aliphatic hydroxyl groups is 1. The lowest BCUT2D eigenvalue weighted by atomic mass is 10.3. The van der Waals surface area contributed by atoms with Crippen LogP contribution in [-0.4, -0.2) is 73.1 Å². The van der Waals surface area contributed by atoms with E-state index in [9.17, 15) is 27.8 Å². The van der Waals surface area contributed by atoms with Gasteiger partial charge in [-0.25, -0.2) is 8.42 Å². The van der Waals surface area contributed by atoms with Crippen LogP contribution in [0.2, 0.25) is 0 Å². The molecule has 13 heteroatoms. The summed E-state index contributed by atoms with van der Waals surface area (Å²) in [7, 11) is -6.57. The van der Waals surface area contributed by atoms with Crippen molar-refractivity contribution in [3.63, 3.8) is 0 Å². The summed E-state index contributed by atoms with van der Waals surface area (Å²) >= 11 is 0. The highest BCUT2D eigenvalue weighted by Crippen LogP contribution is 2.43. The molecule has 0 heterocycles. The number of amides is 1. The summed E-state index contributed by atoms with van der Waals surface area (Å²) < 4.78 is 49.0. The van der Waals surface area contributed by atoms with E-state index >= 15 is 0 Å². The second-order valence-electron chi connectivity index (χ2n) is 7.87. The van der Waals surface area contributed by atoms with Gasteiger partial charge in [0.1, 0.15) is 28.6 Å². The van der Waals surface area contributed by atoms with Gasteiger partial charge in [-0.05, 0) is 53.6 Å². The van der Waals surface area contributed by atoms with Crippen LogP contribution in [0.25, 0.3) is 0 Å². The maximum atomic E-state index is 12.3. The largest absolute Gasteiger partial charge is 0.744 e. The predicted octanol–water partition coefficient (Wildman–Crippen LogP) is 2.72. The average molecular weight is 531 g/mol. The summed E-state index contributed by atoms with van der Waals surface area (Å²) in [6.07, 6.45) is 2.80. The molecule has 0 saturated carbocycles. The highest BCUT2D eigenvalue weighted by Gasteiger charge is 2.27. The molecule has 2 aromatic carbocycles. The van der Waals surface area contributed by atoms with Gasteiger partial charge < -0.3 is 24.4 Å². The molecule has 0 bridgehead atoms. The minimum absolute atomic E-state index is 0.0233. The van der Waals surface area contributed by atoms with Crippen molar-refractivity contribution < 1.29 is 41.6 Å². The summed E-state index contributed by atoms with van der Waals surface area (Å²) in [6, 6.07) is 11.1. The van der Waals surface area contributed by atoms with Crippen molar-refractivity contribution in [3.05, 3.63) is 53.4 Å². The van der Waals surface area contributed by atoms with Crippen LogP contribution in [0.3, 0.4) is 0 Å². The fourth-order valence-electron chi connectivity index (χ4n) is 2.69. The summed E-state index contributed by atoms with van der Waals surface area (Å²) in [6.45, 7) is 2.62. The highest BCUT2D eigenvalue weighted by atomic mass is 32.3. The Bertz CT molecular complexity index is 1090. The number of nitrogens with zero attached hydrogens (tertiary/aromatic N) is 1. The van der Waals surface area contributed by atoms with E-state index in [4.69, 9.17) is 13.8 Å². The zero-order valence-corrected chi connectivity index (χ0v) is 21.3. The van der Waals surface area contributed by atoms with E-state index in [2.05, 4.69) is 5.32 Å². The predicted molar refractivity (Wildman–Crippen MR) is 131 cm³/mol. The first-order chi connectivity index (χ1) is 16.4. The fourth-order valence-corrected chi connectivity index (χ4v) is 4.36. The van der Waals surface area contributed by atoms with E-state index in [0.29, 0.717) is 23.8 Å². The number of hydrogen-bond acceptors (Lipinski definition) is 9. The van der Waals surface area contributed by atoms with Gasteiger partial charge >= 0.3 is 5.69 Å². The van der Waals surface area contributed by atoms with E-state index in [-0.39, 0.29) is 36.2 Å². The number of hydrogen-bond donors (Lipinski definition) is 2. The minimum Gasteiger partial charge on any atom is -0.744 e. The molecule has 0 spiro atoms. The van der Waals surface area contributed by atoms with Crippen LogP contribution in [0, 0.1) is 4.91 Å². The van der Waals surface area contributed by atoms with Crippen molar-refractivity contribution in [1.82, 2.24) is 0 Å². The van der Waals surface area contributed by atoms with E-state index in [0.717, 1.165) is 12.1 Å². The molecule has 2 aromatic rings. The molecule has 11 nitrogen and oxygen atoms in total. The smallest absolute Gasteiger partial charge is 0.318 e. The molecule has 0 aliphatic heterocycles. The summed E-state index contributed by atoms with van der Waals surface area (Å²) in [4.78, 5) is 24.4. The van der Waals surface area contributed by atoms with Gasteiger partial charge in [0.25, 0.3) is 4.92 Å².